The number of hydrogen-bond acceptors (Lipinski definition) is 8. The maximum absolute atomic E-state index is 13.9. The molecule has 2 aliphatic rings. The number of urea groups is 1. The average molecular weight is 587 g/mol. The number of halogens is 5. The van der Waals surface area contributed by atoms with Gasteiger partial charge in [0.2, 0.25) is 11.8 Å². The molecule has 2 aromatic heterocycles. The second-order valence-corrected chi connectivity index (χ2v) is 10.3. The van der Waals surface area contributed by atoms with Crippen LogP contribution in [0.15, 0.2) is 27.2 Å². The number of alkyl halides is 5. The summed E-state index contributed by atoms with van der Waals surface area (Å²) < 4.78 is 83.4. The Morgan fingerprint density at radius 2 is 2.00 bits per heavy atom. The van der Waals surface area contributed by atoms with Crippen LogP contribution >= 0.6 is 0 Å². The van der Waals surface area contributed by atoms with E-state index in [2.05, 4.69) is 25.2 Å². The molecule has 222 valence electrons. The van der Waals surface area contributed by atoms with Crippen LogP contribution in [0.3, 0.4) is 0 Å². The first-order chi connectivity index (χ1) is 19.4. The number of amides is 3. The number of rotatable bonds is 8. The highest BCUT2D eigenvalue weighted by atomic mass is 19.4. The van der Waals surface area contributed by atoms with Gasteiger partial charge in [0.1, 0.15) is 23.3 Å². The summed E-state index contributed by atoms with van der Waals surface area (Å²) in [5, 5.41) is 11.9. The minimum Gasteiger partial charge on any atom is -0.438 e. The molecule has 3 aromatic rings. The smallest absolute Gasteiger partial charge is 0.410 e. The molecule has 1 saturated carbocycles. The standard InChI is InChI=1S/C25H27F5N6O5/c1-12-19(35-41-34-12)21(37)33-20(13-5-7-24(26,27)8-6-13)22-31-15-9-14(3-4-17(15)40-22)16(11-39-2)36-10-18(25(28,29)30)32-23(36)38/h3-4,9,13,16,18,20H,5-8,10-11H2,1-2H3,(H,32,38)(H,33,37)/t16-,18+,20+/m1/s1. The molecular weight excluding hydrogens is 559 g/mol. The van der Waals surface area contributed by atoms with E-state index in [9.17, 15) is 31.5 Å². The van der Waals surface area contributed by atoms with Crippen LogP contribution in [-0.2, 0) is 4.74 Å². The molecule has 1 aliphatic heterocycles. The molecule has 3 amide bonds. The topological polar surface area (TPSA) is 136 Å². The lowest BCUT2D eigenvalue weighted by molar-refractivity contribution is -0.150. The molecule has 11 nitrogen and oxygen atoms in total. The molecule has 2 fully saturated rings. The average Bonchev–Trinajstić information content (AvgIpc) is 3.63. The van der Waals surface area contributed by atoms with Crippen LogP contribution in [0.4, 0.5) is 26.7 Å². The van der Waals surface area contributed by atoms with E-state index < -0.39 is 54.6 Å². The predicted octanol–water partition coefficient (Wildman–Crippen LogP) is 4.46. The number of hydrogen-bond donors (Lipinski definition) is 2. The van der Waals surface area contributed by atoms with E-state index in [-0.39, 0.29) is 49.6 Å². The summed E-state index contributed by atoms with van der Waals surface area (Å²) in [6.45, 7) is 0.833. The van der Waals surface area contributed by atoms with Crippen molar-refractivity contribution >= 4 is 23.0 Å². The first-order valence-corrected chi connectivity index (χ1v) is 12.9. The van der Waals surface area contributed by atoms with Crippen molar-refractivity contribution in [2.45, 2.75) is 62.8 Å². The zero-order chi connectivity index (χ0) is 29.5. The third kappa shape index (κ3) is 5.96. The molecule has 0 radical (unpaired) electrons. The van der Waals surface area contributed by atoms with Crippen molar-refractivity contribution < 1.29 is 45.3 Å². The highest BCUT2D eigenvalue weighted by Gasteiger charge is 2.48. The molecule has 2 N–H and O–H groups in total. The molecule has 3 heterocycles. The van der Waals surface area contributed by atoms with E-state index in [0.717, 1.165) is 4.90 Å². The van der Waals surface area contributed by atoms with E-state index in [1.54, 1.807) is 18.2 Å². The van der Waals surface area contributed by atoms with Crippen LogP contribution in [0.25, 0.3) is 11.1 Å². The fourth-order valence-electron chi connectivity index (χ4n) is 5.26. The second-order valence-electron chi connectivity index (χ2n) is 10.3. The summed E-state index contributed by atoms with van der Waals surface area (Å²) in [5.74, 6) is -3.82. The third-order valence-electron chi connectivity index (χ3n) is 7.50. The van der Waals surface area contributed by atoms with Gasteiger partial charge in [-0.1, -0.05) is 11.2 Å². The highest BCUT2D eigenvalue weighted by molar-refractivity contribution is 5.93. The largest absolute Gasteiger partial charge is 0.438 e. The lowest BCUT2D eigenvalue weighted by atomic mass is 9.82. The van der Waals surface area contributed by atoms with Gasteiger partial charge in [-0.3, -0.25) is 4.79 Å². The molecule has 1 aromatic carbocycles. The summed E-state index contributed by atoms with van der Waals surface area (Å²) in [7, 11) is 1.36. The SMILES string of the molecule is COC[C@H](c1ccc2oc([C@@H](NC(=O)c3nonc3C)C3CCC(F)(F)CC3)nc2c1)N1C[C@@H](C(F)(F)F)NC1=O. The van der Waals surface area contributed by atoms with Gasteiger partial charge in [-0.15, -0.1) is 0 Å². The van der Waals surface area contributed by atoms with Crippen LogP contribution in [0.1, 0.15) is 65.4 Å². The number of methoxy groups -OCH3 is 1. The van der Waals surface area contributed by atoms with Crippen molar-refractivity contribution in [1.29, 1.82) is 0 Å². The number of aryl methyl sites for hydroxylation is 1. The van der Waals surface area contributed by atoms with Gasteiger partial charge in [0.15, 0.2) is 11.3 Å². The fraction of sp³-hybridized carbons (Fsp3) is 0.560. The Bertz CT molecular complexity index is 1420. The number of carbonyl (C=O) groups is 2. The number of carbonyl (C=O) groups excluding carboxylic acids is 2. The Labute approximate surface area is 229 Å². The van der Waals surface area contributed by atoms with Crippen LogP contribution in [0.2, 0.25) is 0 Å². The zero-order valence-corrected chi connectivity index (χ0v) is 22.0. The lowest BCUT2D eigenvalue weighted by Crippen LogP contribution is -2.40. The normalized spacial score (nSPS) is 21.2. The van der Waals surface area contributed by atoms with E-state index >= 15 is 0 Å². The van der Waals surface area contributed by atoms with Crippen LogP contribution in [0.5, 0.6) is 0 Å². The molecule has 16 heteroatoms. The lowest BCUT2D eigenvalue weighted by Gasteiger charge is -2.32. The van der Waals surface area contributed by atoms with Gasteiger partial charge in [-0.25, -0.2) is 23.2 Å². The number of nitrogens with zero attached hydrogens (tertiary/aromatic N) is 4. The van der Waals surface area contributed by atoms with E-state index in [1.165, 1.54) is 14.0 Å². The van der Waals surface area contributed by atoms with Crippen molar-refractivity contribution in [2.24, 2.45) is 5.92 Å². The number of benzene rings is 1. The molecule has 1 saturated heterocycles. The van der Waals surface area contributed by atoms with Crippen LogP contribution in [0, 0.1) is 12.8 Å². The van der Waals surface area contributed by atoms with Crippen LogP contribution < -0.4 is 10.6 Å². The predicted molar refractivity (Wildman–Crippen MR) is 130 cm³/mol. The second kappa shape index (κ2) is 10.9. The summed E-state index contributed by atoms with van der Waals surface area (Å²) in [6, 6.07) is 0.0116. The summed E-state index contributed by atoms with van der Waals surface area (Å²) in [5.41, 5.74) is 1.20. The Morgan fingerprint density at radius 3 is 2.61 bits per heavy atom. The van der Waals surface area contributed by atoms with Gasteiger partial charge >= 0.3 is 12.2 Å². The van der Waals surface area contributed by atoms with E-state index in [4.69, 9.17) is 9.15 Å². The Kier molecular flexibility index (Phi) is 7.61. The minimum absolute atomic E-state index is 0.0640. The van der Waals surface area contributed by atoms with Crippen molar-refractivity contribution in [3.8, 4) is 0 Å². The maximum atomic E-state index is 13.9. The third-order valence-corrected chi connectivity index (χ3v) is 7.50. The molecule has 3 atom stereocenters. The Balaban J connectivity index is 1.45. The Morgan fingerprint density at radius 1 is 1.27 bits per heavy atom. The van der Waals surface area contributed by atoms with Gasteiger partial charge in [0.25, 0.3) is 5.91 Å². The number of oxazole rings is 1. The number of ether oxygens (including phenoxy) is 1. The first-order valence-electron chi connectivity index (χ1n) is 12.9. The van der Waals surface area contributed by atoms with Gasteiger partial charge in [-0.05, 0) is 48.5 Å². The van der Waals surface area contributed by atoms with Crippen molar-refractivity contribution in [3.05, 3.63) is 41.0 Å². The Hall–Kier alpha value is -3.82. The molecule has 0 spiro atoms. The zero-order valence-electron chi connectivity index (χ0n) is 22.0. The summed E-state index contributed by atoms with van der Waals surface area (Å²) in [4.78, 5) is 31.0. The van der Waals surface area contributed by atoms with Crippen molar-refractivity contribution in [2.75, 3.05) is 20.3 Å². The molecule has 0 unspecified atom stereocenters. The quantitative estimate of drug-likeness (QED) is 0.370. The molecule has 0 bridgehead atoms. The van der Waals surface area contributed by atoms with Crippen LogP contribution in [-0.4, -0.2) is 70.5 Å². The summed E-state index contributed by atoms with van der Waals surface area (Å²) in [6.07, 6.45) is -5.16. The molecule has 5 rings (SSSR count). The fourth-order valence-corrected chi connectivity index (χ4v) is 5.26. The minimum atomic E-state index is -4.61. The van der Waals surface area contributed by atoms with Gasteiger partial charge < -0.3 is 24.7 Å². The van der Waals surface area contributed by atoms with Crippen molar-refractivity contribution in [1.82, 2.24) is 30.8 Å². The monoisotopic (exact) mass is 586 g/mol. The maximum Gasteiger partial charge on any atom is 0.410 e. The number of fused-ring (bicyclic) bond motifs is 1. The molecule has 41 heavy (non-hydrogen) atoms. The first kappa shape index (κ1) is 28.7. The summed E-state index contributed by atoms with van der Waals surface area (Å²) >= 11 is 0. The molecular formula is C25H27F5N6O5. The van der Waals surface area contributed by atoms with Crippen molar-refractivity contribution in [3.63, 3.8) is 0 Å². The van der Waals surface area contributed by atoms with E-state index in [1.807, 2.05) is 5.32 Å². The van der Waals surface area contributed by atoms with E-state index in [0.29, 0.717) is 16.7 Å². The number of aromatic nitrogens is 3. The van der Waals surface area contributed by atoms with Gasteiger partial charge in [0.05, 0.1) is 19.2 Å². The highest BCUT2D eigenvalue weighted by Crippen LogP contribution is 2.42. The van der Waals surface area contributed by atoms with Gasteiger partial charge in [0, 0.05) is 20.0 Å². The number of nitrogens with one attached hydrogen (secondary N) is 2. The molecule has 1 aliphatic carbocycles. The van der Waals surface area contributed by atoms with Gasteiger partial charge in [-0.2, -0.15) is 13.2 Å².